The van der Waals surface area contributed by atoms with Gasteiger partial charge in [-0.3, -0.25) is 4.79 Å². The van der Waals surface area contributed by atoms with Gasteiger partial charge in [-0.1, -0.05) is 35.9 Å². The van der Waals surface area contributed by atoms with Crippen LogP contribution in [0.2, 0.25) is 5.02 Å². The van der Waals surface area contributed by atoms with Crippen LogP contribution >= 0.6 is 11.6 Å². The summed E-state index contributed by atoms with van der Waals surface area (Å²) in [6.45, 7) is 7.58. The van der Waals surface area contributed by atoms with E-state index >= 15 is 0 Å². The third-order valence-electron chi connectivity index (χ3n) is 5.04. The van der Waals surface area contributed by atoms with Crippen molar-refractivity contribution in [2.24, 2.45) is 4.99 Å². The fourth-order valence-corrected chi connectivity index (χ4v) is 3.51. The molecule has 3 rings (SSSR count). The first-order valence-electron chi connectivity index (χ1n) is 10.8. The molecule has 2 aromatic carbocycles. The molecule has 166 valence electrons. The maximum atomic E-state index is 11.8. The number of benzene rings is 2. The van der Waals surface area contributed by atoms with Gasteiger partial charge < -0.3 is 20.3 Å². The van der Waals surface area contributed by atoms with Gasteiger partial charge in [-0.25, -0.2) is 4.99 Å². The Labute approximate surface area is 189 Å². The predicted octanol–water partition coefficient (Wildman–Crippen LogP) is 3.99. The van der Waals surface area contributed by atoms with Crippen LogP contribution in [0, 0.1) is 0 Å². The third-order valence-corrected chi connectivity index (χ3v) is 5.29. The van der Waals surface area contributed by atoms with E-state index in [2.05, 4.69) is 39.9 Å². The topological polar surface area (TPSA) is 66.0 Å². The molecule has 1 aliphatic rings. The standard InChI is InChI=1S/C24H31ClN4O2/c1-3-26-24(27-15-18(2)31-22-12-10-21(25)11-13-22)28-16-19-6-8-20(9-7-19)17-29-14-4-5-23(29)30/h6-13,18H,3-5,14-17H2,1-2H3,(H2,26,27,28). The van der Waals surface area contributed by atoms with Crippen molar-refractivity contribution in [3.05, 3.63) is 64.7 Å². The van der Waals surface area contributed by atoms with Crippen LogP contribution in [0.4, 0.5) is 0 Å². The van der Waals surface area contributed by atoms with E-state index in [9.17, 15) is 4.79 Å². The van der Waals surface area contributed by atoms with Crippen LogP contribution in [0.1, 0.15) is 37.8 Å². The van der Waals surface area contributed by atoms with E-state index in [0.29, 0.717) is 31.1 Å². The van der Waals surface area contributed by atoms with Crippen LogP contribution in [0.5, 0.6) is 5.75 Å². The molecule has 2 N–H and O–H groups in total. The number of hydrogen-bond acceptors (Lipinski definition) is 3. The van der Waals surface area contributed by atoms with E-state index in [1.807, 2.05) is 43.0 Å². The summed E-state index contributed by atoms with van der Waals surface area (Å²) < 4.78 is 5.90. The second-order valence-electron chi connectivity index (χ2n) is 7.69. The van der Waals surface area contributed by atoms with Crippen LogP contribution in [-0.4, -0.2) is 42.5 Å². The highest BCUT2D eigenvalue weighted by Gasteiger charge is 2.19. The zero-order valence-electron chi connectivity index (χ0n) is 18.2. The highest BCUT2D eigenvalue weighted by Crippen LogP contribution is 2.17. The number of aliphatic imine (C=N–C) groups is 1. The number of halogens is 1. The molecular formula is C24H31ClN4O2. The largest absolute Gasteiger partial charge is 0.489 e. The van der Waals surface area contributed by atoms with Crippen LogP contribution < -0.4 is 15.4 Å². The van der Waals surface area contributed by atoms with Crippen molar-refractivity contribution >= 4 is 23.5 Å². The molecule has 1 atom stereocenters. The van der Waals surface area contributed by atoms with Crippen molar-refractivity contribution in [2.45, 2.75) is 45.9 Å². The normalized spacial score (nSPS) is 15.1. The molecule has 1 unspecified atom stereocenters. The number of amides is 1. The van der Waals surface area contributed by atoms with Gasteiger partial charge in [0.25, 0.3) is 0 Å². The fourth-order valence-electron chi connectivity index (χ4n) is 3.38. The molecule has 0 radical (unpaired) electrons. The maximum absolute atomic E-state index is 11.8. The van der Waals surface area contributed by atoms with E-state index < -0.39 is 0 Å². The molecule has 0 saturated carbocycles. The Bertz CT molecular complexity index is 868. The number of carbonyl (C=O) groups excluding carboxylic acids is 1. The zero-order chi connectivity index (χ0) is 22.1. The third kappa shape index (κ3) is 7.47. The number of guanidine groups is 1. The van der Waals surface area contributed by atoms with Gasteiger partial charge in [0.15, 0.2) is 5.96 Å². The van der Waals surface area contributed by atoms with Crippen molar-refractivity contribution in [3.63, 3.8) is 0 Å². The number of carbonyl (C=O) groups is 1. The second-order valence-corrected chi connectivity index (χ2v) is 8.13. The Hall–Kier alpha value is -2.73. The molecule has 0 bridgehead atoms. The minimum Gasteiger partial charge on any atom is -0.489 e. The van der Waals surface area contributed by atoms with E-state index in [4.69, 9.17) is 16.3 Å². The summed E-state index contributed by atoms with van der Waals surface area (Å²) >= 11 is 5.92. The summed E-state index contributed by atoms with van der Waals surface area (Å²) in [4.78, 5) is 18.4. The van der Waals surface area contributed by atoms with Gasteiger partial charge in [0, 0.05) is 31.1 Å². The second kappa shape index (κ2) is 11.6. The number of nitrogens with zero attached hydrogens (tertiary/aromatic N) is 2. The summed E-state index contributed by atoms with van der Waals surface area (Å²) in [7, 11) is 0. The van der Waals surface area contributed by atoms with Gasteiger partial charge in [-0.05, 0) is 55.7 Å². The average molecular weight is 443 g/mol. The van der Waals surface area contributed by atoms with Gasteiger partial charge in [-0.15, -0.1) is 0 Å². The average Bonchev–Trinajstić information content (AvgIpc) is 3.17. The smallest absolute Gasteiger partial charge is 0.222 e. The fraction of sp³-hybridized carbons (Fsp3) is 0.417. The molecule has 1 heterocycles. The number of rotatable bonds is 9. The number of hydrogen-bond donors (Lipinski definition) is 2. The lowest BCUT2D eigenvalue weighted by Crippen LogP contribution is -2.41. The number of likely N-dealkylation sites (tertiary alicyclic amines) is 1. The number of ether oxygens (including phenoxy) is 1. The van der Waals surface area contributed by atoms with Crippen LogP contribution in [-0.2, 0) is 17.9 Å². The summed E-state index contributed by atoms with van der Waals surface area (Å²) in [5.74, 6) is 1.79. The van der Waals surface area contributed by atoms with Crippen molar-refractivity contribution in [3.8, 4) is 5.75 Å². The highest BCUT2D eigenvalue weighted by molar-refractivity contribution is 6.30. The SMILES string of the molecule is CCNC(=NCc1ccc(CN2CCCC2=O)cc1)NCC(C)Oc1ccc(Cl)cc1. The first-order valence-corrected chi connectivity index (χ1v) is 11.2. The van der Waals surface area contributed by atoms with Gasteiger partial charge in [0.05, 0.1) is 13.1 Å². The molecule has 2 aromatic rings. The molecule has 1 amide bonds. The van der Waals surface area contributed by atoms with E-state index in [1.54, 1.807) is 0 Å². The zero-order valence-corrected chi connectivity index (χ0v) is 19.0. The summed E-state index contributed by atoms with van der Waals surface area (Å²) in [6.07, 6.45) is 1.61. The molecule has 31 heavy (non-hydrogen) atoms. The molecule has 1 saturated heterocycles. The molecule has 1 fully saturated rings. The Morgan fingerprint density at radius 3 is 2.48 bits per heavy atom. The van der Waals surface area contributed by atoms with Gasteiger partial charge in [0.2, 0.25) is 5.91 Å². The van der Waals surface area contributed by atoms with Gasteiger partial charge in [-0.2, -0.15) is 0 Å². The van der Waals surface area contributed by atoms with Crippen LogP contribution in [0.15, 0.2) is 53.5 Å². The lowest BCUT2D eigenvalue weighted by atomic mass is 10.1. The van der Waals surface area contributed by atoms with E-state index in [0.717, 1.165) is 42.3 Å². The first-order chi connectivity index (χ1) is 15.0. The number of nitrogens with one attached hydrogen (secondary N) is 2. The van der Waals surface area contributed by atoms with Crippen molar-refractivity contribution in [2.75, 3.05) is 19.6 Å². The van der Waals surface area contributed by atoms with Crippen LogP contribution in [0.25, 0.3) is 0 Å². The Balaban J connectivity index is 1.49. The Kier molecular flexibility index (Phi) is 8.59. The molecule has 0 aromatic heterocycles. The molecule has 1 aliphatic heterocycles. The maximum Gasteiger partial charge on any atom is 0.222 e. The van der Waals surface area contributed by atoms with Crippen molar-refractivity contribution < 1.29 is 9.53 Å². The van der Waals surface area contributed by atoms with Crippen molar-refractivity contribution in [1.82, 2.24) is 15.5 Å². The Morgan fingerprint density at radius 1 is 1.13 bits per heavy atom. The highest BCUT2D eigenvalue weighted by atomic mass is 35.5. The van der Waals surface area contributed by atoms with Gasteiger partial charge >= 0.3 is 0 Å². The summed E-state index contributed by atoms with van der Waals surface area (Å²) in [6, 6.07) is 15.7. The quantitative estimate of drug-likeness (QED) is 0.455. The lowest BCUT2D eigenvalue weighted by molar-refractivity contribution is -0.128. The minimum atomic E-state index is -0.0300. The Morgan fingerprint density at radius 2 is 1.84 bits per heavy atom. The minimum absolute atomic E-state index is 0.0300. The van der Waals surface area contributed by atoms with Crippen LogP contribution in [0.3, 0.4) is 0 Å². The molecule has 0 spiro atoms. The first kappa shape index (κ1) is 22.9. The summed E-state index contributed by atoms with van der Waals surface area (Å²) in [5.41, 5.74) is 2.28. The monoisotopic (exact) mass is 442 g/mol. The molecular weight excluding hydrogens is 412 g/mol. The molecule has 6 nitrogen and oxygen atoms in total. The van der Waals surface area contributed by atoms with E-state index in [1.165, 1.54) is 0 Å². The molecule has 0 aliphatic carbocycles. The molecule has 7 heteroatoms. The van der Waals surface area contributed by atoms with Crippen molar-refractivity contribution in [1.29, 1.82) is 0 Å². The lowest BCUT2D eigenvalue weighted by Gasteiger charge is -2.18. The summed E-state index contributed by atoms with van der Waals surface area (Å²) in [5, 5.41) is 7.29. The van der Waals surface area contributed by atoms with Gasteiger partial charge in [0.1, 0.15) is 11.9 Å². The van der Waals surface area contributed by atoms with E-state index in [-0.39, 0.29) is 12.0 Å². The predicted molar refractivity (Wildman–Crippen MR) is 125 cm³/mol.